The van der Waals surface area contributed by atoms with Crippen molar-refractivity contribution in [2.24, 2.45) is 0 Å². The van der Waals surface area contributed by atoms with Crippen LogP contribution in [0, 0.1) is 0 Å². The van der Waals surface area contributed by atoms with E-state index in [1.807, 2.05) is 45.9 Å². The van der Waals surface area contributed by atoms with Gasteiger partial charge in [-0.1, -0.05) is 18.2 Å². The maximum Gasteiger partial charge on any atom is 0.410 e. The minimum Gasteiger partial charge on any atom is -0.444 e. The molecule has 1 amide bonds. The van der Waals surface area contributed by atoms with Crippen LogP contribution in [0.2, 0.25) is 0 Å². The zero-order chi connectivity index (χ0) is 14.9. The largest absolute Gasteiger partial charge is 0.444 e. The number of nitrogens with zero attached hydrogens (tertiary/aromatic N) is 1. The van der Waals surface area contributed by atoms with Gasteiger partial charge in [0, 0.05) is 6.54 Å². The lowest BCUT2D eigenvalue weighted by molar-refractivity contribution is 0.0159. The van der Waals surface area contributed by atoms with Gasteiger partial charge in [0.25, 0.3) is 0 Å². The third kappa shape index (κ3) is 3.12. The first kappa shape index (κ1) is 14.9. The van der Waals surface area contributed by atoms with Gasteiger partial charge in [-0.3, -0.25) is 0 Å². The van der Waals surface area contributed by atoms with Gasteiger partial charge in [-0.25, -0.2) is 4.79 Å². The molecule has 4 nitrogen and oxygen atoms in total. The highest BCUT2D eigenvalue weighted by atomic mass is 16.6. The van der Waals surface area contributed by atoms with Crippen LogP contribution in [0.25, 0.3) is 0 Å². The topological polar surface area (TPSA) is 49.8 Å². The number of ether oxygens (including phenoxy) is 1. The molecule has 1 N–H and O–H groups in total. The molecule has 1 heterocycles. The molecule has 0 saturated carbocycles. The summed E-state index contributed by atoms with van der Waals surface area (Å²) in [6.07, 6.45) is 0.536. The van der Waals surface area contributed by atoms with Crippen LogP contribution in [0.1, 0.15) is 50.4 Å². The van der Waals surface area contributed by atoms with E-state index in [-0.39, 0.29) is 18.7 Å². The third-order valence-electron chi connectivity index (χ3n) is 3.56. The number of rotatable bonds is 1. The molecule has 2 rings (SSSR count). The van der Waals surface area contributed by atoms with Gasteiger partial charge in [0.2, 0.25) is 0 Å². The summed E-state index contributed by atoms with van der Waals surface area (Å²) < 4.78 is 5.45. The van der Waals surface area contributed by atoms with Crippen molar-refractivity contribution in [3.05, 3.63) is 34.9 Å². The van der Waals surface area contributed by atoms with E-state index in [9.17, 15) is 9.90 Å². The highest BCUT2D eigenvalue weighted by molar-refractivity contribution is 5.69. The average Bonchev–Trinajstić information content (AvgIpc) is 2.36. The molecule has 0 spiro atoms. The number of carbonyl (C=O) groups is 1. The van der Waals surface area contributed by atoms with Crippen LogP contribution in [0.4, 0.5) is 4.79 Å². The summed E-state index contributed by atoms with van der Waals surface area (Å²) in [5, 5.41) is 9.19. The lowest BCUT2D eigenvalue weighted by atomic mass is 9.92. The van der Waals surface area contributed by atoms with Crippen LogP contribution in [0.3, 0.4) is 0 Å². The van der Waals surface area contributed by atoms with Crippen LogP contribution < -0.4 is 0 Å². The van der Waals surface area contributed by atoms with Crippen molar-refractivity contribution in [1.29, 1.82) is 0 Å². The van der Waals surface area contributed by atoms with Crippen LogP contribution in [0.5, 0.6) is 0 Å². The summed E-state index contributed by atoms with van der Waals surface area (Å²) in [4.78, 5) is 14.0. The smallest absolute Gasteiger partial charge is 0.410 e. The molecule has 20 heavy (non-hydrogen) atoms. The molecule has 1 aromatic rings. The van der Waals surface area contributed by atoms with Crippen molar-refractivity contribution < 1.29 is 14.6 Å². The lowest BCUT2D eigenvalue weighted by Crippen LogP contribution is -2.42. The number of amides is 1. The Labute approximate surface area is 120 Å². The van der Waals surface area contributed by atoms with E-state index < -0.39 is 5.60 Å². The second kappa shape index (κ2) is 5.44. The van der Waals surface area contributed by atoms with Crippen LogP contribution in [-0.2, 0) is 17.8 Å². The molecule has 1 aliphatic heterocycles. The van der Waals surface area contributed by atoms with Crippen molar-refractivity contribution >= 4 is 6.09 Å². The summed E-state index contributed by atoms with van der Waals surface area (Å²) in [6, 6.07) is 5.94. The summed E-state index contributed by atoms with van der Waals surface area (Å²) in [5.41, 5.74) is 2.79. The Kier molecular flexibility index (Phi) is 4.04. The minimum absolute atomic E-state index is 0.00124. The van der Waals surface area contributed by atoms with Crippen LogP contribution in [0.15, 0.2) is 18.2 Å². The molecule has 0 radical (unpaired) electrons. The van der Waals surface area contributed by atoms with Crippen LogP contribution >= 0.6 is 0 Å². The number of hydrogen-bond acceptors (Lipinski definition) is 3. The van der Waals surface area contributed by atoms with Gasteiger partial charge in [0.05, 0.1) is 12.6 Å². The summed E-state index contributed by atoms with van der Waals surface area (Å²) in [5.74, 6) is 0. The number of fused-ring (bicyclic) bond motifs is 1. The standard InChI is InChI=1S/C16H23NO3/c1-11-14-6-5-12(10-18)9-13(14)7-8-17(11)15(19)20-16(2,3)4/h5-6,9,11,18H,7-8,10H2,1-4H3. The Balaban J connectivity index is 2.19. The van der Waals surface area contributed by atoms with Crippen LogP contribution in [-0.4, -0.2) is 28.2 Å². The second-order valence-electron chi connectivity index (χ2n) is 6.29. The molecule has 1 aliphatic rings. The molecule has 1 aromatic carbocycles. The van der Waals surface area contributed by atoms with Gasteiger partial charge in [0.1, 0.15) is 5.60 Å². The molecule has 110 valence electrons. The fourth-order valence-electron chi connectivity index (χ4n) is 2.55. The van der Waals surface area contributed by atoms with Gasteiger partial charge in [-0.05, 0) is 50.8 Å². The number of aliphatic hydroxyl groups is 1. The fourth-order valence-corrected chi connectivity index (χ4v) is 2.55. The van der Waals surface area contributed by atoms with E-state index in [0.717, 1.165) is 17.5 Å². The molecular weight excluding hydrogens is 254 g/mol. The van der Waals surface area contributed by atoms with Crippen molar-refractivity contribution in [2.75, 3.05) is 6.54 Å². The summed E-state index contributed by atoms with van der Waals surface area (Å²) in [7, 11) is 0. The Morgan fingerprint density at radius 1 is 1.45 bits per heavy atom. The number of benzene rings is 1. The molecule has 1 unspecified atom stereocenters. The Bertz CT molecular complexity index is 505. The molecule has 1 atom stereocenters. The molecule has 0 bridgehead atoms. The highest BCUT2D eigenvalue weighted by Gasteiger charge is 2.30. The maximum atomic E-state index is 12.2. The molecule has 0 saturated heterocycles. The zero-order valence-corrected chi connectivity index (χ0v) is 12.6. The van der Waals surface area contributed by atoms with Crippen molar-refractivity contribution in [1.82, 2.24) is 4.90 Å². The van der Waals surface area contributed by atoms with E-state index in [1.54, 1.807) is 4.90 Å². The van der Waals surface area contributed by atoms with Gasteiger partial charge in [-0.2, -0.15) is 0 Å². The van der Waals surface area contributed by atoms with Gasteiger partial charge >= 0.3 is 6.09 Å². The van der Waals surface area contributed by atoms with Gasteiger partial charge in [-0.15, -0.1) is 0 Å². The second-order valence-corrected chi connectivity index (χ2v) is 6.29. The Morgan fingerprint density at radius 2 is 2.15 bits per heavy atom. The van der Waals surface area contributed by atoms with E-state index in [4.69, 9.17) is 4.74 Å². The molecule has 4 heteroatoms. The quantitative estimate of drug-likeness (QED) is 0.858. The van der Waals surface area contributed by atoms with Gasteiger partial charge in [0.15, 0.2) is 0 Å². The molecule has 0 aromatic heterocycles. The zero-order valence-electron chi connectivity index (χ0n) is 12.6. The fraction of sp³-hybridized carbons (Fsp3) is 0.562. The van der Waals surface area contributed by atoms with Gasteiger partial charge < -0.3 is 14.7 Å². The number of aliphatic hydroxyl groups excluding tert-OH is 1. The number of hydrogen-bond donors (Lipinski definition) is 1. The predicted molar refractivity (Wildman–Crippen MR) is 77.4 cm³/mol. The SMILES string of the molecule is CC1c2ccc(CO)cc2CCN1C(=O)OC(C)(C)C. The minimum atomic E-state index is -0.474. The van der Waals surface area contributed by atoms with Crippen molar-refractivity contribution in [3.63, 3.8) is 0 Å². The first-order valence-corrected chi connectivity index (χ1v) is 7.04. The van der Waals surface area contributed by atoms with Crippen molar-refractivity contribution in [3.8, 4) is 0 Å². The Morgan fingerprint density at radius 3 is 2.75 bits per heavy atom. The van der Waals surface area contributed by atoms with E-state index in [2.05, 4.69) is 0 Å². The molecule has 0 fully saturated rings. The predicted octanol–water partition coefficient (Wildman–Crippen LogP) is 3.03. The number of carbonyl (C=O) groups excluding carboxylic acids is 1. The van der Waals surface area contributed by atoms with Crippen molar-refractivity contribution in [2.45, 2.75) is 52.4 Å². The monoisotopic (exact) mass is 277 g/mol. The van der Waals surface area contributed by atoms with E-state index in [1.165, 1.54) is 5.56 Å². The van der Waals surface area contributed by atoms with E-state index >= 15 is 0 Å². The maximum absolute atomic E-state index is 12.2. The molecule has 0 aliphatic carbocycles. The normalized spacial score (nSPS) is 18.6. The average molecular weight is 277 g/mol. The lowest BCUT2D eigenvalue weighted by Gasteiger charge is -2.36. The first-order valence-electron chi connectivity index (χ1n) is 7.04. The summed E-state index contributed by atoms with van der Waals surface area (Å²) >= 11 is 0. The first-order chi connectivity index (χ1) is 9.31. The Hall–Kier alpha value is -1.55. The highest BCUT2D eigenvalue weighted by Crippen LogP contribution is 2.31. The third-order valence-corrected chi connectivity index (χ3v) is 3.56. The molecular formula is C16H23NO3. The van der Waals surface area contributed by atoms with E-state index in [0.29, 0.717) is 6.54 Å². The summed E-state index contributed by atoms with van der Waals surface area (Å²) in [6.45, 7) is 8.35.